The molecule has 104 valence electrons. The summed E-state index contributed by atoms with van der Waals surface area (Å²) >= 11 is 4.90. The second-order valence-corrected chi connectivity index (χ2v) is 4.86. The van der Waals surface area contributed by atoms with E-state index in [0.717, 1.165) is 6.42 Å². The van der Waals surface area contributed by atoms with Crippen LogP contribution in [-0.2, 0) is 14.3 Å². The van der Waals surface area contributed by atoms with E-state index in [9.17, 15) is 9.59 Å². The third-order valence-electron chi connectivity index (χ3n) is 2.75. The number of methoxy groups -OCH3 is 1. The van der Waals surface area contributed by atoms with E-state index in [2.05, 4.69) is 4.74 Å². The zero-order chi connectivity index (χ0) is 14.3. The Morgan fingerprint density at radius 2 is 2.00 bits per heavy atom. The van der Waals surface area contributed by atoms with Crippen molar-refractivity contribution >= 4 is 29.1 Å². The Morgan fingerprint density at radius 1 is 1.44 bits per heavy atom. The Kier molecular flexibility index (Phi) is 7.50. The summed E-state index contributed by atoms with van der Waals surface area (Å²) in [5.41, 5.74) is 5.57. The van der Waals surface area contributed by atoms with Gasteiger partial charge in [-0.2, -0.15) is 0 Å². The summed E-state index contributed by atoms with van der Waals surface area (Å²) in [5.74, 6) is -1.28. The summed E-state index contributed by atoms with van der Waals surface area (Å²) in [6.07, 6.45) is 1.46. The molecular formula is C12H22N2O3S. The van der Waals surface area contributed by atoms with Gasteiger partial charge in [0.05, 0.1) is 23.9 Å². The van der Waals surface area contributed by atoms with Gasteiger partial charge in [-0.3, -0.25) is 9.59 Å². The maximum atomic E-state index is 12.1. The molecule has 0 rings (SSSR count). The van der Waals surface area contributed by atoms with E-state index >= 15 is 0 Å². The van der Waals surface area contributed by atoms with Gasteiger partial charge in [-0.05, 0) is 6.42 Å². The molecule has 1 amide bonds. The quantitative estimate of drug-likeness (QED) is 0.553. The number of nitrogens with zero attached hydrogens (tertiary/aromatic N) is 1. The fourth-order valence-corrected chi connectivity index (χ4v) is 1.94. The molecule has 0 fully saturated rings. The number of amides is 1. The Labute approximate surface area is 114 Å². The predicted octanol–water partition coefficient (Wildman–Crippen LogP) is 0.956. The number of ether oxygens (including phenoxy) is 1. The van der Waals surface area contributed by atoms with E-state index in [0.29, 0.717) is 13.0 Å². The van der Waals surface area contributed by atoms with Crippen LogP contribution in [0.3, 0.4) is 0 Å². The molecule has 2 N–H and O–H groups in total. The first-order valence-electron chi connectivity index (χ1n) is 5.97. The van der Waals surface area contributed by atoms with Gasteiger partial charge in [-0.15, -0.1) is 0 Å². The van der Waals surface area contributed by atoms with Gasteiger partial charge in [0.2, 0.25) is 5.91 Å². The van der Waals surface area contributed by atoms with Crippen molar-refractivity contribution in [3.8, 4) is 0 Å². The summed E-state index contributed by atoms with van der Waals surface area (Å²) in [6.45, 7) is 3.98. The Bertz CT molecular complexity index is 320. The summed E-state index contributed by atoms with van der Waals surface area (Å²) in [4.78, 5) is 25.1. The first kappa shape index (κ1) is 16.8. The summed E-state index contributed by atoms with van der Waals surface area (Å²) in [5, 5.41) is 0. The van der Waals surface area contributed by atoms with E-state index in [-0.39, 0.29) is 22.8 Å². The van der Waals surface area contributed by atoms with E-state index in [1.807, 2.05) is 6.92 Å². The molecule has 0 bridgehead atoms. The second kappa shape index (κ2) is 8.02. The number of thiocarbonyl (C=S) groups is 1. The van der Waals surface area contributed by atoms with Gasteiger partial charge in [-0.1, -0.05) is 32.5 Å². The average molecular weight is 274 g/mol. The monoisotopic (exact) mass is 274 g/mol. The minimum atomic E-state index is -0.445. The van der Waals surface area contributed by atoms with E-state index in [4.69, 9.17) is 18.0 Å². The molecule has 0 aromatic rings. The molecule has 5 nitrogen and oxygen atoms in total. The molecule has 2 unspecified atom stereocenters. The van der Waals surface area contributed by atoms with Crippen LogP contribution in [0.15, 0.2) is 0 Å². The van der Waals surface area contributed by atoms with Gasteiger partial charge in [0.15, 0.2) is 0 Å². The molecule has 0 aliphatic heterocycles. The van der Waals surface area contributed by atoms with Crippen LogP contribution in [0.4, 0.5) is 0 Å². The number of nitrogens with two attached hydrogens (primary N) is 1. The topological polar surface area (TPSA) is 72.6 Å². The van der Waals surface area contributed by atoms with Gasteiger partial charge in [0.1, 0.15) is 0 Å². The van der Waals surface area contributed by atoms with Gasteiger partial charge in [0.25, 0.3) is 0 Å². The molecular weight excluding hydrogens is 252 g/mol. The number of rotatable bonds is 7. The minimum Gasteiger partial charge on any atom is -0.469 e. The van der Waals surface area contributed by atoms with Crippen molar-refractivity contribution in [2.24, 2.45) is 17.6 Å². The van der Waals surface area contributed by atoms with Crippen LogP contribution in [0.5, 0.6) is 0 Å². The number of carbonyl (C=O) groups is 2. The molecule has 0 saturated carbocycles. The Balaban J connectivity index is 4.56. The van der Waals surface area contributed by atoms with Crippen molar-refractivity contribution in [3.63, 3.8) is 0 Å². The van der Waals surface area contributed by atoms with Crippen molar-refractivity contribution in [1.29, 1.82) is 0 Å². The van der Waals surface area contributed by atoms with Crippen molar-refractivity contribution in [2.75, 3.05) is 20.7 Å². The molecule has 0 aliphatic rings. The summed E-state index contributed by atoms with van der Waals surface area (Å²) in [6, 6.07) is 0. The van der Waals surface area contributed by atoms with Crippen LogP contribution in [0.2, 0.25) is 0 Å². The average Bonchev–Trinajstić information content (AvgIpc) is 2.33. The molecule has 0 aromatic carbocycles. The van der Waals surface area contributed by atoms with Crippen LogP contribution in [0.25, 0.3) is 0 Å². The lowest BCUT2D eigenvalue weighted by Gasteiger charge is -2.24. The Morgan fingerprint density at radius 3 is 2.39 bits per heavy atom. The van der Waals surface area contributed by atoms with Crippen LogP contribution >= 0.6 is 12.2 Å². The van der Waals surface area contributed by atoms with E-state index in [1.165, 1.54) is 12.0 Å². The van der Waals surface area contributed by atoms with Crippen LogP contribution in [0, 0.1) is 11.8 Å². The van der Waals surface area contributed by atoms with Gasteiger partial charge in [0, 0.05) is 13.6 Å². The highest BCUT2D eigenvalue weighted by atomic mass is 32.1. The van der Waals surface area contributed by atoms with Crippen LogP contribution in [-0.4, -0.2) is 42.5 Å². The number of hydrogen-bond donors (Lipinski definition) is 1. The highest BCUT2D eigenvalue weighted by Gasteiger charge is 2.26. The smallest absolute Gasteiger partial charge is 0.310 e. The van der Waals surface area contributed by atoms with Crippen molar-refractivity contribution < 1.29 is 14.3 Å². The summed E-state index contributed by atoms with van der Waals surface area (Å²) < 4.78 is 4.62. The molecule has 0 radical (unpaired) electrons. The number of hydrogen-bond acceptors (Lipinski definition) is 4. The Hall–Kier alpha value is -1.17. The highest BCUT2D eigenvalue weighted by molar-refractivity contribution is 7.80. The molecule has 0 aliphatic carbocycles. The van der Waals surface area contributed by atoms with Gasteiger partial charge < -0.3 is 15.4 Å². The van der Waals surface area contributed by atoms with E-state index < -0.39 is 5.92 Å². The first-order chi connectivity index (χ1) is 8.34. The third kappa shape index (κ3) is 5.00. The fourth-order valence-electron chi connectivity index (χ4n) is 1.72. The molecule has 0 heterocycles. The maximum Gasteiger partial charge on any atom is 0.310 e. The third-order valence-corrected chi connectivity index (χ3v) is 3.03. The van der Waals surface area contributed by atoms with Gasteiger partial charge >= 0.3 is 5.97 Å². The predicted molar refractivity (Wildman–Crippen MR) is 74.0 cm³/mol. The lowest BCUT2D eigenvalue weighted by Crippen LogP contribution is -2.42. The van der Waals surface area contributed by atoms with Crippen LogP contribution in [0.1, 0.15) is 26.7 Å². The number of carbonyl (C=O) groups excluding carboxylic acids is 2. The standard InChI is InChI=1S/C12H22N2O3S/c1-5-6-9(10(13)18)11(15)14(3)7-8(2)12(16)17-4/h8-9H,5-7H2,1-4H3,(H2,13,18). The fraction of sp³-hybridized carbons (Fsp3) is 0.750. The lowest BCUT2D eigenvalue weighted by molar-refractivity contribution is -0.146. The highest BCUT2D eigenvalue weighted by Crippen LogP contribution is 2.12. The molecule has 0 aromatic heterocycles. The zero-order valence-electron chi connectivity index (χ0n) is 11.4. The SMILES string of the molecule is CCCC(C(=O)N(C)CC(C)C(=O)OC)C(N)=S. The molecule has 6 heteroatoms. The van der Waals surface area contributed by atoms with E-state index in [1.54, 1.807) is 14.0 Å². The normalized spacial score (nSPS) is 13.6. The first-order valence-corrected chi connectivity index (χ1v) is 6.38. The number of esters is 1. The minimum absolute atomic E-state index is 0.139. The van der Waals surface area contributed by atoms with Crippen LogP contribution < -0.4 is 5.73 Å². The zero-order valence-corrected chi connectivity index (χ0v) is 12.3. The molecule has 2 atom stereocenters. The molecule has 18 heavy (non-hydrogen) atoms. The van der Waals surface area contributed by atoms with Crippen molar-refractivity contribution in [3.05, 3.63) is 0 Å². The molecule has 0 saturated heterocycles. The van der Waals surface area contributed by atoms with Crippen molar-refractivity contribution in [1.82, 2.24) is 4.90 Å². The second-order valence-electron chi connectivity index (χ2n) is 4.39. The maximum absolute atomic E-state index is 12.1. The van der Waals surface area contributed by atoms with Crippen molar-refractivity contribution in [2.45, 2.75) is 26.7 Å². The van der Waals surface area contributed by atoms with Gasteiger partial charge in [-0.25, -0.2) is 0 Å². The lowest BCUT2D eigenvalue weighted by atomic mass is 10.0. The largest absolute Gasteiger partial charge is 0.469 e. The molecule has 0 spiro atoms. The summed E-state index contributed by atoms with van der Waals surface area (Å²) in [7, 11) is 2.97.